The minimum absolute atomic E-state index is 0. The molecule has 26 heavy (non-hydrogen) atoms. The van der Waals surface area contributed by atoms with E-state index in [9.17, 15) is 43.9 Å². The minimum atomic E-state index is -2.85. The molecule has 0 saturated heterocycles. The van der Waals surface area contributed by atoms with Crippen LogP contribution in [0.1, 0.15) is 0 Å². The van der Waals surface area contributed by atoms with Crippen LogP contribution in [0, 0.1) is 0 Å². The molecule has 2 radical (unpaired) electrons. The SMILES string of the molecule is FC1=C=C(F)C(F)C(F)=C1F.FC1=C=C(F)C(F)C(F)=C1F.[Cl-].[Cl-].[Cl-].[Sb+3]. The number of halogens is 13. The Hall–Kier alpha value is -0.492. The zero-order valence-corrected chi connectivity index (χ0v) is 16.3. The van der Waals surface area contributed by atoms with Crippen molar-refractivity contribution >= 4 is 24.4 Å². The molecular formula is C12H2Cl3F10Sb. The van der Waals surface area contributed by atoms with E-state index in [1.165, 1.54) is 0 Å². The Morgan fingerprint density at radius 2 is 0.769 bits per heavy atom. The van der Waals surface area contributed by atoms with Crippen LogP contribution in [0.3, 0.4) is 0 Å². The third-order valence-electron chi connectivity index (χ3n) is 2.15. The molecular weight excluding hydrogens is 562 g/mol. The second-order valence-electron chi connectivity index (χ2n) is 3.62. The molecule has 14 heteroatoms. The predicted octanol–water partition coefficient (Wildman–Crippen LogP) is -3.78. The first kappa shape index (κ1) is 33.1. The van der Waals surface area contributed by atoms with Crippen LogP contribution in [0.15, 0.2) is 58.1 Å². The van der Waals surface area contributed by atoms with Crippen molar-refractivity contribution in [2.24, 2.45) is 0 Å². The van der Waals surface area contributed by atoms with Crippen LogP contribution in [-0.4, -0.2) is 36.8 Å². The first-order valence-electron chi connectivity index (χ1n) is 5.10. The van der Waals surface area contributed by atoms with Crippen molar-refractivity contribution in [3.05, 3.63) is 58.1 Å². The molecule has 2 atom stereocenters. The molecule has 2 aliphatic carbocycles. The van der Waals surface area contributed by atoms with E-state index in [2.05, 4.69) is 0 Å². The Bertz CT molecular complexity index is 642. The van der Waals surface area contributed by atoms with Gasteiger partial charge < -0.3 is 37.2 Å². The van der Waals surface area contributed by atoms with E-state index in [1.807, 2.05) is 0 Å². The summed E-state index contributed by atoms with van der Waals surface area (Å²) in [4.78, 5) is 0. The number of rotatable bonds is 0. The van der Waals surface area contributed by atoms with E-state index in [1.54, 1.807) is 0 Å². The van der Waals surface area contributed by atoms with Crippen molar-refractivity contribution in [2.45, 2.75) is 12.3 Å². The van der Waals surface area contributed by atoms with Crippen LogP contribution in [0.4, 0.5) is 43.9 Å². The average Bonchev–Trinajstić information content (AvgIpc) is 2.47. The van der Waals surface area contributed by atoms with Crippen LogP contribution in [0.5, 0.6) is 0 Å². The molecule has 0 N–H and O–H groups in total. The van der Waals surface area contributed by atoms with E-state index in [4.69, 9.17) is 0 Å². The molecule has 0 aromatic rings. The van der Waals surface area contributed by atoms with Gasteiger partial charge in [0.25, 0.3) is 0 Å². The summed E-state index contributed by atoms with van der Waals surface area (Å²) < 4.78 is 120. The third kappa shape index (κ3) is 7.63. The van der Waals surface area contributed by atoms with E-state index in [-0.39, 0.29) is 61.6 Å². The molecule has 2 unspecified atom stereocenters. The van der Waals surface area contributed by atoms with Gasteiger partial charge in [-0.05, 0) is 11.5 Å². The van der Waals surface area contributed by atoms with Crippen molar-refractivity contribution in [3.63, 3.8) is 0 Å². The molecule has 0 amide bonds. The number of alkyl halides is 2. The molecule has 0 fully saturated rings. The van der Waals surface area contributed by atoms with Gasteiger partial charge in [0.05, 0.1) is 0 Å². The maximum atomic E-state index is 12.1. The molecule has 146 valence electrons. The van der Waals surface area contributed by atoms with Gasteiger partial charge in [-0.3, -0.25) is 0 Å². The van der Waals surface area contributed by atoms with E-state index in [0.717, 1.165) is 11.5 Å². The van der Waals surface area contributed by atoms with Crippen molar-refractivity contribution in [2.75, 3.05) is 0 Å². The normalized spacial score (nSPS) is 21.2. The second-order valence-corrected chi connectivity index (χ2v) is 3.62. The van der Waals surface area contributed by atoms with Gasteiger partial charge in [-0.1, -0.05) is 0 Å². The minimum Gasteiger partial charge on any atom is -1.00 e. The van der Waals surface area contributed by atoms with Gasteiger partial charge in [-0.25, -0.2) is 26.3 Å². The van der Waals surface area contributed by atoms with Crippen molar-refractivity contribution < 1.29 is 81.1 Å². The molecule has 0 aromatic carbocycles. The molecule has 0 saturated carbocycles. The van der Waals surface area contributed by atoms with Crippen LogP contribution >= 0.6 is 0 Å². The van der Waals surface area contributed by atoms with Crippen molar-refractivity contribution in [3.8, 4) is 0 Å². The van der Waals surface area contributed by atoms with Gasteiger partial charge in [0, 0.05) is 0 Å². The summed E-state index contributed by atoms with van der Waals surface area (Å²) in [5.74, 6) is -15.5. The second kappa shape index (κ2) is 13.6. The molecule has 2 rings (SSSR count). The largest absolute Gasteiger partial charge is 3.00 e. The average molecular weight is 564 g/mol. The zero-order chi connectivity index (χ0) is 17.2. The number of allylic oxidation sites excluding steroid dienone is 6. The smallest absolute Gasteiger partial charge is 1.00 e. The Morgan fingerprint density at radius 3 is 1.00 bits per heavy atom. The summed E-state index contributed by atoms with van der Waals surface area (Å²) in [6.07, 6.45) is -5.70. The summed E-state index contributed by atoms with van der Waals surface area (Å²) >= 11 is 0. The van der Waals surface area contributed by atoms with E-state index in [0.29, 0.717) is 0 Å². The van der Waals surface area contributed by atoms with Gasteiger partial charge in [-0.2, -0.15) is 17.6 Å². The predicted molar refractivity (Wildman–Crippen MR) is 59.5 cm³/mol. The fourth-order valence-electron chi connectivity index (χ4n) is 1.10. The van der Waals surface area contributed by atoms with Gasteiger partial charge in [0.15, 0.2) is 23.3 Å². The van der Waals surface area contributed by atoms with Crippen LogP contribution < -0.4 is 37.2 Å². The Balaban J connectivity index is -0.000000161. The van der Waals surface area contributed by atoms with Gasteiger partial charge in [0.1, 0.15) is 0 Å². The first-order valence-corrected chi connectivity index (χ1v) is 5.10. The summed E-state index contributed by atoms with van der Waals surface area (Å²) in [6.45, 7) is 0. The van der Waals surface area contributed by atoms with Gasteiger partial charge in [0.2, 0.25) is 35.7 Å². The zero-order valence-electron chi connectivity index (χ0n) is 11.5. The molecule has 0 bridgehead atoms. The van der Waals surface area contributed by atoms with Gasteiger partial charge >= 0.3 is 24.4 Å². The van der Waals surface area contributed by atoms with E-state index >= 15 is 0 Å². The molecule has 0 aliphatic heterocycles. The number of hydrogen-bond acceptors (Lipinski definition) is 0. The molecule has 0 heterocycles. The van der Waals surface area contributed by atoms with Crippen LogP contribution in [0.25, 0.3) is 0 Å². The van der Waals surface area contributed by atoms with Crippen LogP contribution in [-0.2, 0) is 0 Å². The molecule has 2 aliphatic rings. The molecule has 0 aromatic heterocycles. The quantitative estimate of drug-likeness (QED) is 0.161. The summed E-state index contributed by atoms with van der Waals surface area (Å²) in [7, 11) is 0. The topological polar surface area (TPSA) is 0 Å². The van der Waals surface area contributed by atoms with Crippen molar-refractivity contribution in [1.82, 2.24) is 0 Å². The Kier molecular flexibility index (Phi) is 17.4. The molecule has 0 spiro atoms. The monoisotopic (exact) mass is 562 g/mol. The van der Waals surface area contributed by atoms with Crippen LogP contribution in [0.2, 0.25) is 0 Å². The molecule has 0 nitrogen and oxygen atoms in total. The van der Waals surface area contributed by atoms with E-state index < -0.39 is 59.0 Å². The van der Waals surface area contributed by atoms with Gasteiger partial charge in [-0.15, -0.1) is 0 Å². The fraction of sp³-hybridized carbons (Fsp3) is 0.167. The maximum absolute atomic E-state index is 12.1. The standard InChI is InChI=1S/2C6HF5.3ClH.Sb/c2*7-2-1-3(8)5(10)6(11)4(2)9;;;;/h2*4H;3*1H;/q;;;;;+3/p-3. The third-order valence-corrected chi connectivity index (χ3v) is 2.15. The van der Waals surface area contributed by atoms with Crippen molar-refractivity contribution in [1.29, 1.82) is 0 Å². The Morgan fingerprint density at radius 1 is 0.538 bits per heavy atom. The summed E-state index contributed by atoms with van der Waals surface area (Å²) in [6, 6.07) is 0. The summed E-state index contributed by atoms with van der Waals surface area (Å²) in [5.41, 5.74) is 2.12. The fourth-order valence-corrected chi connectivity index (χ4v) is 1.10. The maximum Gasteiger partial charge on any atom is 3.00 e. The Labute approximate surface area is 175 Å². The number of hydrogen-bond donors (Lipinski definition) is 0. The first-order chi connectivity index (χ1) is 10.1. The summed E-state index contributed by atoms with van der Waals surface area (Å²) in [5, 5.41) is 0.